The summed E-state index contributed by atoms with van der Waals surface area (Å²) in [6.07, 6.45) is 3.51. The fraction of sp³-hybridized carbons (Fsp3) is 0. The predicted octanol–water partition coefficient (Wildman–Crippen LogP) is 3.57. The molecule has 20 heavy (non-hydrogen) atoms. The molecule has 0 aliphatic carbocycles. The van der Waals surface area contributed by atoms with E-state index < -0.39 is 5.97 Å². The van der Waals surface area contributed by atoms with Crippen molar-refractivity contribution in [2.24, 2.45) is 0 Å². The molecule has 0 spiro atoms. The van der Waals surface area contributed by atoms with E-state index in [9.17, 15) is 4.79 Å². The lowest BCUT2D eigenvalue weighted by atomic mass is 10.1. The van der Waals surface area contributed by atoms with E-state index in [4.69, 9.17) is 5.11 Å². The molecule has 0 amide bonds. The number of carboxylic acid groups (broad SMARTS) is 1. The summed E-state index contributed by atoms with van der Waals surface area (Å²) >= 11 is 1.33. The summed E-state index contributed by atoms with van der Waals surface area (Å²) in [5, 5.41) is 11.1. The van der Waals surface area contributed by atoms with Crippen LogP contribution in [-0.2, 0) is 0 Å². The Balaban J connectivity index is 1.91. The minimum absolute atomic E-state index is 0.0863. The zero-order valence-corrected chi connectivity index (χ0v) is 11.2. The number of aromatic carboxylic acids is 1. The van der Waals surface area contributed by atoms with E-state index in [0.717, 1.165) is 16.7 Å². The highest BCUT2D eigenvalue weighted by Crippen LogP contribution is 2.26. The van der Waals surface area contributed by atoms with Crippen LogP contribution in [0.1, 0.15) is 10.5 Å². The highest BCUT2D eigenvalue weighted by Gasteiger charge is 2.10. The Morgan fingerprint density at radius 3 is 2.15 bits per heavy atom. The van der Waals surface area contributed by atoms with E-state index in [-0.39, 0.29) is 5.69 Å². The van der Waals surface area contributed by atoms with Crippen molar-refractivity contribution in [2.75, 3.05) is 0 Å². The summed E-state index contributed by atoms with van der Waals surface area (Å²) in [4.78, 5) is 18.9. The highest BCUT2D eigenvalue weighted by molar-refractivity contribution is 7.13. The van der Waals surface area contributed by atoms with Crippen molar-refractivity contribution in [3.63, 3.8) is 0 Å². The number of carbonyl (C=O) groups is 1. The van der Waals surface area contributed by atoms with E-state index in [1.165, 1.54) is 11.3 Å². The van der Waals surface area contributed by atoms with Crippen LogP contribution in [0.2, 0.25) is 0 Å². The van der Waals surface area contributed by atoms with Crippen molar-refractivity contribution in [3.8, 4) is 21.7 Å². The van der Waals surface area contributed by atoms with E-state index in [1.54, 1.807) is 17.8 Å². The first-order valence-electron chi connectivity index (χ1n) is 5.94. The van der Waals surface area contributed by atoms with Gasteiger partial charge < -0.3 is 5.11 Å². The third-order valence-electron chi connectivity index (χ3n) is 2.87. The van der Waals surface area contributed by atoms with Gasteiger partial charge in [-0.2, -0.15) is 0 Å². The summed E-state index contributed by atoms with van der Waals surface area (Å²) < 4.78 is 0. The van der Waals surface area contributed by atoms with Crippen LogP contribution in [0, 0.1) is 0 Å². The molecule has 2 heterocycles. The minimum Gasteiger partial charge on any atom is -0.476 e. The largest absolute Gasteiger partial charge is 0.476 e. The summed E-state index contributed by atoms with van der Waals surface area (Å²) in [7, 11) is 0. The zero-order chi connectivity index (χ0) is 13.9. The lowest BCUT2D eigenvalue weighted by molar-refractivity contribution is 0.0691. The molecule has 0 bridgehead atoms. The molecule has 0 radical (unpaired) electrons. The summed E-state index contributed by atoms with van der Waals surface area (Å²) in [5.74, 6) is -0.999. The number of aromatic nitrogens is 2. The molecule has 0 unspecified atom stereocenters. The van der Waals surface area contributed by atoms with E-state index >= 15 is 0 Å². The second kappa shape index (κ2) is 5.22. The smallest absolute Gasteiger partial charge is 0.355 e. The second-order valence-electron chi connectivity index (χ2n) is 4.16. The van der Waals surface area contributed by atoms with Crippen LogP contribution in [0.4, 0.5) is 0 Å². The lowest BCUT2D eigenvalue weighted by Crippen LogP contribution is -1.95. The summed E-state index contributed by atoms with van der Waals surface area (Å²) in [6.45, 7) is 0. The van der Waals surface area contributed by atoms with Gasteiger partial charge in [0.1, 0.15) is 5.01 Å². The van der Waals surface area contributed by atoms with Gasteiger partial charge in [0.05, 0.1) is 0 Å². The summed E-state index contributed by atoms with van der Waals surface area (Å²) in [6, 6.07) is 11.8. The molecule has 0 aliphatic heterocycles. The maximum atomic E-state index is 10.8. The molecule has 3 aromatic rings. The van der Waals surface area contributed by atoms with E-state index in [2.05, 4.69) is 9.97 Å². The second-order valence-corrected chi connectivity index (χ2v) is 5.01. The Morgan fingerprint density at radius 2 is 1.55 bits per heavy atom. The van der Waals surface area contributed by atoms with Gasteiger partial charge in [0.15, 0.2) is 5.69 Å². The van der Waals surface area contributed by atoms with Crippen molar-refractivity contribution in [1.82, 2.24) is 9.97 Å². The summed E-state index contributed by atoms with van der Waals surface area (Å²) in [5.41, 5.74) is 3.19. The number of thiazole rings is 1. The number of benzene rings is 1. The van der Waals surface area contributed by atoms with Crippen LogP contribution in [0.25, 0.3) is 21.7 Å². The minimum atomic E-state index is -0.999. The monoisotopic (exact) mass is 282 g/mol. The third kappa shape index (κ3) is 2.44. The Morgan fingerprint density at radius 1 is 0.950 bits per heavy atom. The Hall–Kier alpha value is -2.53. The van der Waals surface area contributed by atoms with Gasteiger partial charge in [-0.25, -0.2) is 9.78 Å². The van der Waals surface area contributed by atoms with E-state index in [1.807, 2.05) is 36.4 Å². The van der Waals surface area contributed by atoms with Crippen LogP contribution in [0.3, 0.4) is 0 Å². The average molecular weight is 282 g/mol. The molecule has 0 saturated carbocycles. The number of pyridine rings is 1. The molecule has 0 saturated heterocycles. The van der Waals surface area contributed by atoms with E-state index in [0.29, 0.717) is 5.01 Å². The number of hydrogen-bond acceptors (Lipinski definition) is 4. The molecule has 0 atom stereocenters. The van der Waals surface area contributed by atoms with Gasteiger partial charge in [0.2, 0.25) is 0 Å². The topological polar surface area (TPSA) is 63.1 Å². The van der Waals surface area contributed by atoms with Crippen LogP contribution in [0.15, 0.2) is 54.2 Å². The molecule has 1 aromatic carbocycles. The van der Waals surface area contributed by atoms with Crippen molar-refractivity contribution in [3.05, 3.63) is 59.9 Å². The first-order chi connectivity index (χ1) is 9.74. The maximum absolute atomic E-state index is 10.8. The van der Waals surface area contributed by atoms with Crippen molar-refractivity contribution < 1.29 is 9.90 Å². The standard InChI is InChI=1S/C15H10N2O2S/c18-15(19)13-9-20-14(17-13)12-3-1-10(2-4-12)11-5-7-16-8-6-11/h1-9H,(H,18,19). The first-order valence-corrected chi connectivity index (χ1v) is 6.81. The van der Waals surface area contributed by atoms with Gasteiger partial charge in [-0.1, -0.05) is 24.3 Å². The molecule has 0 fully saturated rings. The molecule has 98 valence electrons. The molecule has 2 aromatic heterocycles. The molecule has 4 nitrogen and oxygen atoms in total. The fourth-order valence-electron chi connectivity index (χ4n) is 1.85. The first kappa shape index (κ1) is 12.5. The fourth-order valence-corrected chi connectivity index (χ4v) is 2.65. The maximum Gasteiger partial charge on any atom is 0.355 e. The van der Waals surface area contributed by atoms with Gasteiger partial charge in [0, 0.05) is 23.3 Å². The van der Waals surface area contributed by atoms with Crippen molar-refractivity contribution in [2.45, 2.75) is 0 Å². The van der Waals surface area contributed by atoms with Gasteiger partial charge in [-0.05, 0) is 23.3 Å². The molecule has 1 N–H and O–H groups in total. The predicted molar refractivity (Wildman–Crippen MR) is 77.7 cm³/mol. The number of rotatable bonds is 3. The average Bonchev–Trinajstić information content (AvgIpc) is 2.98. The quantitative estimate of drug-likeness (QED) is 0.797. The van der Waals surface area contributed by atoms with Crippen LogP contribution in [-0.4, -0.2) is 21.0 Å². The van der Waals surface area contributed by atoms with Gasteiger partial charge in [-0.3, -0.25) is 4.98 Å². The van der Waals surface area contributed by atoms with Crippen molar-refractivity contribution >= 4 is 17.3 Å². The van der Waals surface area contributed by atoms with Gasteiger partial charge >= 0.3 is 5.97 Å². The molecular weight excluding hydrogens is 272 g/mol. The van der Waals surface area contributed by atoms with Crippen molar-refractivity contribution in [1.29, 1.82) is 0 Å². The zero-order valence-electron chi connectivity index (χ0n) is 10.4. The lowest BCUT2D eigenvalue weighted by Gasteiger charge is -2.02. The van der Waals surface area contributed by atoms with Crippen LogP contribution < -0.4 is 0 Å². The number of carboxylic acids is 1. The Kier molecular flexibility index (Phi) is 3.26. The normalized spacial score (nSPS) is 10.4. The van der Waals surface area contributed by atoms with Gasteiger partial charge in [-0.15, -0.1) is 11.3 Å². The molecular formula is C15H10N2O2S. The number of nitrogens with zero attached hydrogens (tertiary/aromatic N) is 2. The molecule has 0 aliphatic rings. The van der Waals surface area contributed by atoms with Crippen LogP contribution in [0.5, 0.6) is 0 Å². The highest BCUT2D eigenvalue weighted by atomic mass is 32.1. The third-order valence-corrected chi connectivity index (χ3v) is 3.76. The van der Waals surface area contributed by atoms with Crippen LogP contribution >= 0.6 is 11.3 Å². The Labute approximate surface area is 119 Å². The SMILES string of the molecule is O=C(O)c1csc(-c2ccc(-c3ccncc3)cc2)n1. The Bertz CT molecular complexity index is 736. The molecule has 5 heteroatoms. The number of hydrogen-bond donors (Lipinski definition) is 1. The van der Waals surface area contributed by atoms with Gasteiger partial charge in [0.25, 0.3) is 0 Å². The molecule has 3 rings (SSSR count).